The summed E-state index contributed by atoms with van der Waals surface area (Å²) >= 11 is 0. The lowest BCUT2D eigenvalue weighted by Crippen LogP contribution is -2.35. The highest BCUT2D eigenvalue weighted by Gasteiger charge is 2.28. The SMILES string of the molecule is O=C1CC(=O)N(c2cccc(F)c2)N1. The molecule has 0 spiro atoms. The number of benzene rings is 1. The van der Waals surface area contributed by atoms with E-state index in [1.165, 1.54) is 18.2 Å². The molecule has 72 valence electrons. The first-order valence-electron chi connectivity index (χ1n) is 4.05. The summed E-state index contributed by atoms with van der Waals surface area (Å²) in [5.41, 5.74) is 2.66. The van der Waals surface area contributed by atoms with Gasteiger partial charge >= 0.3 is 0 Å². The Morgan fingerprint density at radius 3 is 2.71 bits per heavy atom. The molecule has 1 heterocycles. The second kappa shape index (κ2) is 3.10. The van der Waals surface area contributed by atoms with Gasteiger partial charge < -0.3 is 0 Å². The number of hydrazine groups is 1. The van der Waals surface area contributed by atoms with Crippen molar-refractivity contribution in [2.24, 2.45) is 0 Å². The first kappa shape index (κ1) is 8.68. The highest BCUT2D eigenvalue weighted by molar-refractivity contribution is 6.11. The summed E-state index contributed by atoms with van der Waals surface area (Å²) in [5.74, 6) is -1.20. The summed E-state index contributed by atoms with van der Waals surface area (Å²) in [6, 6.07) is 5.48. The third kappa shape index (κ3) is 1.44. The maximum absolute atomic E-state index is 12.8. The lowest BCUT2D eigenvalue weighted by Gasteiger charge is -2.14. The molecule has 1 aromatic carbocycles. The van der Waals surface area contributed by atoms with Crippen molar-refractivity contribution >= 4 is 17.5 Å². The smallest absolute Gasteiger partial charge is 0.255 e. The highest BCUT2D eigenvalue weighted by Crippen LogP contribution is 2.17. The fourth-order valence-electron chi connectivity index (χ4n) is 1.27. The fourth-order valence-corrected chi connectivity index (χ4v) is 1.27. The van der Waals surface area contributed by atoms with Crippen LogP contribution >= 0.6 is 0 Å². The van der Waals surface area contributed by atoms with Gasteiger partial charge in [-0.25, -0.2) is 9.40 Å². The number of carbonyl (C=O) groups excluding carboxylic acids is 2. The van der Waals surface area contributed by atoms with Crippen LogP contribution in [0.5, 0.6) is 0 Å². The number of amides is 2. The molecule has 1 aliphatic rings. The fraction of sp³-hybridized carbons (Fsp3) is 0.111. The van der Waals surface area contributed by atoms with Crippen molar-refractivity contribution in [3.05, 3.63) is 30.1 Å². The van der Waals surface area contributed by atoms with E-state index >= 15 is 0 Å². The second-order valence-electron chi connectivity index (χ2n) is 2.92. The molecule has 1 aliphatic heterocycles. The topological polar surface area (TPSA) is 49.4 Å². The number of nitrogens with one attached hydrogen (secondary N) is 1. The molecule has 2 rings (SSSR count). The molecule has 0 atom stereocenters. The predicted octanol–water partition coefficient (Wildman–Crippen LogP) is 0.594. The zero-order chi connectivity index (χ0) is 10.1. The van der Waals surface area contributed by atoms with E-state index in [0.29, 0.717) is 5.69 Å². The van der Waals surface area contributed by atoms with Crippen LogP contribution in [0.1, 0.15) is 6.42 Å². The van der Waals surface area contributed by atoms with Gasteiger partial charge in [0.1, 0.15) is 12.2 Å². The average molecular weight is 194 g/mol. The van der Waals surface area contributed by atoms with Crippen molar-refractivity contribution < 1.29 is 14.0 Å². The van der Waals surface area contributed by atoms with E-state index in [9.17, 15) is 14.0 Å². The number of hydrogen-bond donors (Lipinski definition) is 1. The summed E-state index contributed by atoms with van der Waals surface area (Å²) in [6.45, 7) is 0. The third-order valence-corrected chi connectivity index (χ3v) is 1.86. The molecule has 0 radical (unpaired) electrons. The monoisotopic (exact) mass is 194 g/mol. The van der Waals surface area contributed by atoms with Gasteiger partial charge in [0.15, 0.2) is 0 Å². The molecule has 5 heteroatoms. The molecule has 0 saturated carbocycles. The Kier molecular flexibility index (Phi) is 1.92. The van der Waals surface area contributed by atoms with Crippen LogP contribution in [0.2, 0.25) is 0 Å². The predicted molar refractivity (Wildman–Crippen MR) is 46.6 cm³/mol. The van der Waals surface area contributed by atoms with Gasteiger partial charge in [-0.2, -0.15) is 0 Å². The van der Waals surface area contributed by atoms with Crippen molar-refractivity contribution in [1.82, 2.24) is 5.43 Å². The molecule has 1 aromatic rings. The number of anilines is 1. The van der Waals surface area contributed by atoms with Gasteiger partial charge in [-0.3, -0.25) is 15.0 Å². The molecule has 1 N–H and O–H groups in total. The number of nitrogens with zero attached hydrogens (tertiary/aromatic N) is 1. The van der Waals surface area contributed by atoms with Crippen molar-refractivity contribution in [2.45, 2.75) is 6.42 Å². The largest absolute Gasteiger partial charge is 0.273 e. The summed E-state index contributed by atoms with van der Waals surface area (Å²) in [6.07, 6.45) is -0.184. The molecule has 0 unspecified atom stereocenters. The second-order valence-corrected chi connectivity index (χ2v) is 2.92. The first-order chi connectivity index (χ1) is 6.66. The standard InChI is InChI=1S/C9H7FN2O2/c10-6-2-1-3-7(4-6)12-9(14)5-8(13)11-12/h1-4H,5H2,(H,11,13). The summed E-state index contributed by atoms with van der Waals surface area (Å²) in [5, 5.41) is 1.05. The molecule has 1 fully saturated rings. The van der Waals surface area contributed by atoms with Gasteiger partial charge in [-0.1, -0.05) is 6.07 Å². The molecule has 0 bridgehead atoms. The van der Waals surface area contributed by atoms with Crippen LogP contribution in [0.25, 0.3) is 0 Å². The van der Waals surface area contributed by atoms with Gasteiger partial charge in [0.2, 0.25) is 5.91 Å². The van der Waals surface area contributed by atoms with Crippen molar-refractivity contribution in [3.8, 4) is 0 Å². The van der Waals surface area contributed by atoms with Crippen LogP contribution in [-0.4, -0.2) is 11.8 Å². The summed E-state index contributed by atoms with van der Waals surface area (Å²) in [7, 11) is 0. The lowest BCUT2D eigenvalue weighted by atomic mass is 10.3. The number of hydrogen-bond acceptors (Lipinski definition) is 2. The van der Waals surface area contributed by atoms with Crippen molar-refractivity contribution in [1.29, 1.82) is 0 Å². The number of rotatable bonds is 1. The Morgan fingerprint density at radius 2 is 2.14 bits per heavy atom. The van der Waals surface area contributed by atoms with Crippen LogP contribution in [0.15, 0.2) is 24.3 Å². The minimum atomic E-state index is -0.448. The Balaban J connectivity index is 2.31. The Morgan fingerprint density at radius 1 is 1.36 bits per heavy atom. The maximum Gasteiger partial charge on any atom is 0.255 e. The van der Waals surface area contributed by atoms with Crippen molar-refractivity contribution in [3.63, 3.8) is 0 Å². The van der Waals surface area contributed by atoms with E-state index in [0.717, 1.165) is 5.01 Å². The van der Waals surface area contributed by atoms with E-state index in [1.807, 2.05) is 0 Å². The van der Waals surface area contributed by atoms with E-state index in [-0.39, 0.29) is 18.2 Å². The van der Waals surface area contributed by atoms with E-state index in [2.05, 4.69) is 5.43 Å². The van der Waals surface area contributed by atoms with Crippen LogP contribution in [0, 0.1) is 5.82 Å². The summed E-state index contributed by atoms with van der Waals surface area (Å²) < 4.78 is 12.8. The third-order valence-electron chi connectivity index (χ3n) is 1.86. The van der Waals surface area contributed by atoms with Crippen LogP contribution in [-0.2, 0) is 9.59 Å². The maximum atomic E-state index is 12.8. The van der Waals surface area contributed by atoms with Gasteiger partial charge in [-0.05, 0) is 18.2 Å². The summed E-state index contributed by atoms with van der Waals surface area (Å²) in [4.78, 5) is 22.1. The van der Waals surface area contributed by atoms with E-state index in [4.69, 9.17) is 0 Å². The minimum Gasteiger partial charge on any atom is -0.273 e. The van der Waals surface area contributed by atoms with Crippen LogP contribution in [0.4, 0.5) is 10.1 Å². The molecule has 0 aromatic heterocycles. The van der Waals surface area contributed by atoms with Gasteiger partial charge in [0.05, 0.1) is 5.69 Å². The Bertz CT molecular complexity index is 406. The number of halogens is 1. The average Bonchev–Trinajstić information content (AvgIpc) is 2.45. The van der Waals surface area contributed by atoms with E-state index < -0.39 is 5.82 Å². The molecule has 1 saturated heterocycles. The molecule has 4 nitrogen and oxygen atoms in total. The number of carbonyl (C=O) groups is 2. The van der Waals surface area contributed by atoms with Crippen LogP contribution < -0.4 is 10.4 Å². The molecule has 0 aliphatic carbocycles. The minimum absolute atomic E-state index is 0.184. The first-order valence-corrected chi connectivity index (χ1v) is 4.05. The van der Waals surface area contributed by atoms with Crippen LogP contribution in [0.3, 0.4) is 0 Å². The van der Waals surface area contributed by atoms with E-state index in [1.54, 1.807) is 6.07 Å². The molecular formula is C9H7FN2O2. The Hall–Kier alpha value is -1.91. The molecular weight excluding hydrogens is 187 g/mol. The van der Waals surface area contributed by atoms with Gasteiger partial charge in [0, 0.05) is 0 Å². The molecule has 2 amide bonds. The Labute approximate surface area is 79.3 Å². The lowest BCUT2D eigenvalue weighted by molar-refractivity contribution is -0.122. The normalized spacial score (nSPS) is 15.9. The van der Waals surface area contributed by atoms with Gasteiger partial charge in [0.25, 0.3) is 5.91 Å². The molecule has 14 heavy (non-hydrogen) atoms. The van der Waals surface area contributed by atoms with Gasteiger partial charge in [-0.15, -0.1) is 0 Å². The quantitative estimate of drug-likeness (QED) is 0.665. The van der Waals surface area contributed by atoms with Crippen molar-refractivity contribution in [2.75, 3.05) is 5.01 Å². The highest BCUT2D eigenvalue weighted by atomic mass is 19.1. The zero-order valence-electron chi connectivity index (χ0n) is 7.16. The zero-order valence-corrected chi connectivity index (χ0v) is 7.16.